The summed E-state index contributed by atoms with van der Waals surface area (Å²) in [5, 5.41) is 0.0749. The first-order valence-electron chi connectivity index (χ1n) is 6.09. The van der Waals surface area contributed by atoms with Gasteiger partial charge >= 0.3 is 0 Å². The minimum Gasteiger partial charge on any atom is -0.457 e. The molecule has 0 heterocycles. The zero-order valence-corrected chi connectivity index (χ0v) is 11.3. The van der Waals surface area contributed by atoms with Gasteiger partial charge in [-0.3, -0.25) is 0 Å². The third-order valence-electron chi connectivity index (χ3n) is 2.88. The van der Waals surface area contributed by atoms with Gasteiger partial charge < -0.3 is 10.5 Å². The molecule has 19 heavy (non-hydrogen) atoms. The van der Waals surface area contributed by atoms with Crippen molar-refractivity contribution in [3.8, 4) is 11.5 Å². The minimum atomic E-state index is -0.503. The van der Waals surface area contributed by atoms with Gasteiger partial charge in [0.1, 0.15) is 17.3 Å². The molecule has 0 bridgehead atoms. The van der Waals surface area contributed by atoms with Gasteiger partial charge in [0, 0.05) is 17.7 Å². The van der Waals surface area contributed by atoms with Crippen LogP contribution in [0.5, 0.6) is 11.5 Å². The molecule has 0 aromatic heterocycles. The fourth-order valence-corrected chi connectivity index (χ4v) is 1.88. The van der Waals surface area contributed by atoms with Crippen LogP contribution in [0.4, 0.5) is 4.39 Å². The Morgan fingerprint density at radius 2 is 2.00 bits per heavy atom. The quantitative estimate of drug-likeness (QED) is 0.882. The van der Waals surface area contributed by atoms with Crippen LogP contribution in [0.15, 0.2) is 42.5 Å². The second-order valence-corrected chi connectivity index (χ2v) is 4.64. The summed E-state index contributed by atoms with van der Waals surface area (Å²) in [6, 6.07) is 11.7. The average molecular weight is 280 g/mol. The van der Waals surface area contributed by atoms with Gasteiger partial charge in [0.25, 0.3) is 0 Å². The van der Waals surface area contributed by atoms with Crippen molar-refractivity contribution in [2.75, 3.05) is 0 Å². The second kappa shape index (κ2) is 6.04. The van der Waals surface area contributed by atoms with E-state index in [4.69, 9.17) is 22.1 Å². The van der Waals surface area contributed by atoms with Crippen LogP contribution in [0.1, 0.15) is 24.9 Å². The lowest BCUT2D eigenvalue weighted by Crippen LogP contribution is -2.09. The predicted molar refractivity (Wildman–Crippen MR) is 75.1 cm³/mol. The molecule has 0 unspecified atom stereocenters. The fourth-order valence-electron chi connectivity index (χ4n) is 1.77. The molecule has 0 spiro atoms. The molecule has 2 aromatic rings. The number of hydrogen-bond donors (Lipinski definition) is 1. The summed E-state index contributed by atoms with van der Waals surface area (Å²) < 4.78 is 19.1. The molecule has 100 valence electrons. The summed E-state index contributed by atoms with van der Waals surface area (Å²) in [7, 11) is 0. The Morgan fingerprint density at radius 3 is 2.68 bits per heavy atom. The summed E-state index contributed by atoms with van der Waals surface area (Å²) in [5.41, 5.74) is 6.93. The number of nitrogens with two attached hydrogens (primary N) is 1. The molecule has 0 aliphatic carbocycles. The van der Waals surface area contributed by atoms with E-state index in [0.29, 0.717) is 11.5 Å². The number of para-hydroxylation sites is 1. The number of rotatable bonds is 4. The third-order valence-corrected chi connectivity index (χ3v) is 3.18. The van der Waals surface area contributed by atoms with E-state index in [0.717, 1.165) is 12.0 Å². The van der Waals surface area contributed by atoms with Crippen molar-refractivity contribution in [1.29, 1.82) is 0 Å². The lowest BCUT2D eigenvalue weighted by atomic mass is 10.0. The van der Waals surface area contributed by atoms with Crippen molar-refractivity contribution in [1.82, 2.24) is 0 Å². The smallest absolute Gasteiger partial charge is 0.145 e. The van der Waals surface area contributed by atoms with Gasteiger partial charge in [-0.1, -0.05) is 36.7 Å². The molecule has 4 heteroatoms. The van der Waals surface area contributed by atoms with E-state index in [9.17, 15) is 4.39 Å². The normalized spacial score (nSPS) is 12.2. The zero-order chi connectivity index (χ0) is 13.8. The van der Waals surface area contributed by atoms with Gasteiger partial charge in [0.2, 0.25) is 0 Å². The fraction of sp³-hybridized carbons (Fsp3) is 0.200. The van der Waals surface area contributed by atoms with Gasteiger partial charge in [-0.05, 0) is 24.6 Å². The zero-order valence-electron chi connectivity index (χ0n) is 10.6. The van der Waals surface area contributed by atoms with Crippen LogP contribution in [0.25, 0.3) is 0 Å². The SMILES string of the molecule is CC[C@H](N)c1ccccc1Oc1ccc(Cl)c(F)c1. The van der Waals surface area contributed by atoms with Crippen molar-refractivity contribution in [3.05, 3.63) is 58.9 Å². The maximum absolute atomic E-state index is 13.4. The van der Waals surface area contributed by atoms with Gasteiger partial charge in [0.05, 0.1) is 5.02 Å². The predicted octanol–water partition coefficient (Wildman–Crippen LogP) is 4.68. The lowest BCUT2D eigenvalue weighted by molar-refractivity contribution is 0.464. The molecular weight excluding hydrogens is 265 g/mol. The number of hydrogen-bond acceptors (Lipinski definition) is 2. The number of ether oxygens (including phenoxy) is 1. The molecular formula is C15H15ClFNO. The maximum atomic E-state index is 13.4. The van der Waals surface area contributed by atoms with Gasteiger partial charge in [-0.15, -0.1) is 0 Å². The molecule has 0 saturated carbocycles. The van der Waals surface area contributed by atoms with Crippen LogP contribution in [-0.4, -0.2) is 0 Å². The Bertz CT molecular complexity index is 574. The molecule has 2 aromatic carbocycles. The summed E-state index contributed by atoms with van der Waals surface area (Å²) in [6.45, 7) is 2.00. The maximum Gasteiger partial charge on any atom is 0.145 e. The lowest BCUT2D eigenvalue weighted by Gasteiger charge is -2.15. The van der Waals surface area contributed by atoms with Crippen molar-refractivity contribution >= 4 is 11.6 Å². The van der Waals surface area contributed by atoms with E-state index < -0.39 is 5.82 Å². The molecule has 0 radical (unpaired) electrons. The van der Waals surface area contributed by atoms with Crippen LogP contribution < -0.4 is 10.5 Å². The summed E-state index contributed by atoms with van der Waals surface area (Å²) in [5.74, 6) is 0.535. The largest absolute Gasteiger partial charge is 0.457 e. The molecule has 0 fully saturated rings. The minimum absolute atomic E-state index is 0.0749. The Kier molecular flexibility index (Phi) is 4.40. The van der Waals surface area contributed by atoms with Gasteiger partial charge in [0.15, 0.2) is 0 Å². The van der Waals surface area contributed by atoms with Crippen molar-refractivity contribution in [3.63, 3.8) is 0 Å². The Labute approximate surface area is 117 Å². The monoisotopic (exact) mass is 279 g/mol. The van der Waals surface area contributed by atoms with E-state index >= 15 is 0 Å². The van der Waals surface area contributed by atoms with E-state index in [1.807, 2.05) is 31.2 Å². The Morgan fingerprint density at radius 1 is 1.26 bits per heavy atom. The van der Waals surface area contributed by atoms with Crippen LogP contribution in [0, 0.1) is 5.82 Å². The molecule has 0 saturated heterocycles. The molecule has 0 aliphatic heterocycles. The van der Waals surface area contributed by atoms with E-state index in [-0.39, 0.29) is 11.1 Å². The van der Waals surface area contributed by atoms with E-state index in [1.165, 1.54) is 12.1 Å². The highest BCUT2D eigenvalue weighted by molar-refractivity contribution is 6.30. The van der Waals surface area contributed by atoms with Crippen LogP contribution >= 0.6 is 11.6 Å². The van der Waals surface area contributed by atoms with E-state index in [1.54, 1.807) is 6.07 Å². The third kappa shape index (κ3) is 3.25. The van der Waals surface area contributed by atoms with Crippen LogP contribution in [0.2, 0.25) is 5.02 Å². The van der Waals surface area contributed by atoms with Crippen molar-refractivity contribution in [2.45, 2.75) is 19.4 Å². The molecule has 2 N–H and O–H groups in total. The highest BCUT2D eigenvalue weighted by Gasteiger charge is 2.11. The van der Waals surface area contributed by atoms with Crippen LogP contribution in [-0.2, 0) is 0 Å². The summed E-state index contributed by atoms with van der Waals surface area (Å²) in [4.78, 5) is 0. The Hall–Kier alpha value is -1.58. The Balaban J connectivity index is 2.30. The molecule has 2 nitrogen and oxygen atoms in total. The first kappa shape index (κ1) is 13.8. The summed E-state index contributed by atoms with van der Waals surface area (Å²) in [6.07, 6.45) is 0.801. The van der Waals surface area contributed by atoms with Gasteiger partial charge in [-0.25, -0.2) is 4.39 Å². The van der Waals surface area contributed by atoms with Crippen molar-refractivity contribution < 1.29 is 9.13 Å². The highest BCUT2D eigenvalue weighted by atomic mass is 35.5. The standard InChI is InChI=1S/C15H15ClFNO/c1-2-14(18)11-5-3-4-6-15(11)19-10-7-8-12(16)13(17)9-10/h3-9,14H,2,18H2,1H3/t14-/m0/s1. The summed E-state index contributed by atoms with van der Waals surface area (Å²) >= 11 is 5.64. The number of halogens is 2. The number of benzene rings is 2. The van der Waals surface area contributed by atoms with Crippen molar-refractivity contribution in [2.24, 2.45) is 5.73 Å². The topological polar surface area (TPSA) is 35.2 Å². The van der Waals surface area contributed by atoms with Gasteiger partial charge in [-0.2, -0.15) is 0 Å². The average Bonchev–Trinajstić information content (AvgIpc) is 2.43. The first-order valence-corrected chi connectivity index (χ1v) is 6.47. The van der Waals surface area contributed by atoms with E-state index in [2.05, 4.69) is 0 Å². The molecule has 1 atom stereocenters. The highest BCUT2D eigenvalue weighted by Crippen LogP contribution is 2.31. The molecule has 2 rings (SSSR count). The van der Waals surface area contributed by atoms with Crippen LogP contribution in [0.3, 0.4) is 0 Å². The molecule has 0 amide bonds. The first-order chi connectivity index (χ1) is 9.11. The molecule has 0 aliphatic rings. The second-order valence-electron chi connectivity index (χ2n) is 4.23.